The first-order valence-electron chi connectivity index (χ1n) is 7.43. The summed E-state index contributed by atoms with van der Waals surface area (Å²) in [4.78, 5) is 29.4. The highest BCUT2D eigenvalue weighted by Crippen LogP contribution is 2.24. The molecule has 0 aliphatic rings. The van der Waals surface area contributed by atoms with Crippen LogP contribution in [0.2, 0.25) is 5.02 Å². The van der Waals surface area contributed by atoms with Gasteiger partial charge in [0.15, 0.2) is 5.78 Å². The maximum absolute atomic E-state index is 12.7. The van der Waals surface area contributed by atoms with Crippen LogP contribution in [0.1, 0.15) is 10.4 Å². The molecule has 0 radical (unpaired) electrons. The van der Waals surface area contributed by atoms with Crippen LogP contribution < -0.4 is 15.0 Å². The predicted molar refractivity (Wildman–Crippen MR) is 94.9 cm³/mol. The van der Waals surface area contributed by atoms with E-state index in [0.717, 1.165) is 0 Å². The third-order valence-electron chi connectivity index (χ3n) is 3.81. The van der Waals surface area contributed by atoms with E-state index in [1.165, 1.54) is 25.1 Å². The van der Waals surface area contributed by atoms with E-state index in [1.54, 1.807) is 36.4 Å². The van der Waals surface area contributed by atoms with Crippen LogP contribution in [0.4, 0.5) is 0 Å². The number of benzene rings is 2. The van der Waals surface area contributed by atoms with E-state index >= 15 is 0 Å². The Labute approximate surface area is 148 Å². The molecule has 25 heavy (non-hydrogen) atoms. The largest absolute Gasteiger partial charge is 0.497 e. The number of aromatic nitrogens is 2. The van der Waals surface area contributed by atoms with Gasteiger partial charge < -0.3 is 9.47 Å². The van der Waals surface area contributed by atoms with E-state index in [1.807, 2.05) is 0 Å². The molecule has 0 spiro atoms. The molecule has 1 heterocycles. The van der Waals surface area contributed by atoms with Crippen LogP contribution in [0.5, 0.6) is 11.5 Å². The van der Waals surface area contributed by atoms with Crippen LogP contribution in [0.3, 0.4) is 0 Å². The van der Waals surface area contributed by atoms with Crippen molar-refractivity contribution in [2.75, 3.05) is 14.2 Å². The highest BCUT2D eigenvalue weighted by atomic mass is 35.5. The number of carbonyl (C=O) groups is 1. The number of methoxy groups -OCH3 is 2. The van der Waals surface area contributed by atoms with Gasteiger partial charge >= 0.3 is 0 Å². The SMILES string of the molecule is COc1ccc(OC)c(C(=O)Cn2cnc3cc(Cl)ccc3c2=O)c1. The van der Waals surface area contributed by atoms with E-state index < -0.39 is 0 Å². The van der Waals surface area contributed by atoms with Gasteiger partial charge in [-0.05, 0) is 36.4 Å². The van der Waals surface area contributed by atoms with Gasteiger partial charge in [-0.2, -0.15) is 0 Å². The minimum atomic E-state index is -0.308. The summed E-state index contributed by atoms with van der Waals surface area (Å²) in [6.07, 6.45) is 1.34. The molecule has 2 aromatic carbocycles. The molecular weight excluding hydrogens is 344 g/mol. The molecule has 0 fully saturated rings. The van der Waals surface area contributed by atoms with Crippen molar-refractivity contribution in [1.82, 2.24) is 9.55 Å². The van der Waals surface area contributed by atoms with Gasteiger partial charge in [0.2, 0.25) is 0 Å². The van der Waals surface area contributed by atoms with Crippen LogP contribution in [0, 0.1) is 0 Å². The van der Waals surface area contributed by atoms with Crippen molar-refractivity contribution in [3.05, 3.63) is 63.7 Å². The Morgan fingerprint density at radius 1 is 1.16 bits per heavy atom. The Kier molecular flexibility index (Phi) is 4.72. The number of hydrogen-bond acceptors (Lipinski definition) is 5. The number of hydrogen-bond donors (Lipinski definition) is 0. The summed E-state index contributed by atoms with van der Waals surface area (Å²) in [5.41, 5.74) is 0.516. The lowest BCUT2D eigenvalue weighted by Crippen LogP contribution is -2.25. The number of nitrogens with zero attached hydrogens (tertiary/aromatic N) is 2. The average molecular weight is 359 g/mol. The maximum Gasteiger partial charge on any atom is 0.261 e. The summed E-state index contributed by atoms with van der Waals surface area (Å²) in [5, 5.41) is 0.895. The molecule has 3 rings (SSSR count). The molecule has 0 atom stereocenters. The lowest BCUT2D eigenvalue weighted by Gasteiger charge is -2.11. The number of ether oxygens (including phenoxy) is 2. The van der Waals surface area contributed by atoms with Crippen molar-refractivity contribution in [2.24, 2.45) is 0 Å². The van der Waals surface area contributed by atoms with Gasteiger partial charge in [-0.3, -0.25) is 14.2 Å². The van der Waals surface area contributed by atoms with E-state index in [2.05, 4.69) is 4.98 Å². The predicted octanol–water partition coefficient (Wildman–Crippen LogP) is 2.95. The number of rotatable bonds is 5. The minimum Gasteiger partial charge on any atom is -0.497 e. The van der Waals surface area contributed by atoms with E-state index in [0.29, 0.717) is 33.0 Å². The fourth-order valence-electron chi connectivity index (χ4n) is 2.52. The van der Waals surface area contributed by atoms with Gasteiger partial charge in [-0.1, -0.05) is 11.6 Å². The summed E-state index contributed by atoms with van der Waals surface area (Å²) in [6, 6.07) is 9.75. The molecule has 3 aromatic rings. The number of Topliss-reactive ketones (excluding diaryl/α,β-unsaturated/α-hetero) is 1. The Balaban J connectivity index is 1.99. The maximum atomic E-state index is 12.7. The zero-order valence-corrected chi connectivity index (χ0v) is 14.4. The smallest absolute Gasteiger partial charge is 0.261 e. The Morgan fingerprint density at radius 3 is 2.68 bits per heavy atom. The lowest BCUT2D eigenvalue weighted by atomic mass is 10.1. The first-order valence-corrected chi connectivity index (χ1v) is 7.81. The molecule has 0 saturated heterocycles. The standard InChI is InChI=1S/C18H15ClN2O4/c1-24-12-4-6-17(25-2)14(8-12)16(22)9-21-10-20-15-7-11(19)3-5-13(15)18(21)23/h3-8,10H,9H2,1-2H3. The number of ketones is 1. The monoisotopic (exact) mass is 358 g/mol. The molecular formula is C18H15ClN2O4. The molecule has 6 nitrogen and oxygen atoms in total. The quantitative estimate of drug-likeness (QED) is 0.656. The van der Waals surface area contributed by atoms with Gasteiger partial charge in [-0.15, -0.1) is 0 Å². The molecule has 0 bridgehead atoms. The summed E-state index contributed by atoms with van der Waals surface area (Å²) in [6.45, 7) is -0.159. The first kappa shape index (κ1) is 17.0. The van der Waals surface area contributed by atoms with Crippen LogP contribution in [0.15, 0.2) is 47.5 Å². The second-order valence-corrected chi connectivity index (χ2v) is 5.76. The first-order chi connectivity index (χ1) is 12.0. The third-order valence-corrected chi connectivity index (χ3v) is 4.04. The van der Waals surface area contributed by atoms with Crippen molar-refractivity contribution in [2.45, 2.75) is 6.54 Å². The zero-order chi connectivity index (χ0) is 18.0. The second kappa shape index (κ2) is 6.94. The Bertz CT molecular complexity index is 1010. The lowest BCUT2D eigenvalue weighted by molar-refractivity contribution is 0.0967. The summed E-state index contributed by atoms with van der Waals surface area (Å²) >= 11 is 5.91. The van der Waals surface area contributed by atoms with Crippen molar-refractivity contribution in [3.63, 3.8) is 0 Å². The molecule has 0 saturated carbocycles. The van der Waals surface area contributed by atoms with Crippen LogP contribution >= 0.6 is 11.6 Å². The van der Waals surface area contributed by atoms with Gasteiger partial charge in [-0.25, -0.2) is 4.98 Å². The fourth-order valence-corrected chi connectivity index (χ4v) is 2.68. The number of fused-ring (bicyclic) bond motifs is 1. The average Bonchev–Trinajstić information content (AvgIpc) is 2.63. The molecule has 0 aliphatic carbocycles. The van der Waals surface area contributed by atoms with Crippen molar-refractivity contribution >= 4 is 28.3 Å². The Morgan fingerprint density at radius 2 is 1.96 bits per heavy atom. The van der Waals surface area contributed by atoms with Gasteiger partial charge in [0.1, 0.15) is 11.5 Å². The van der Waals surface area contributed by atoms with Crippen LogP contribution in [0.25, 0.3) is 10.9 Å². The zero-order valence-electron chi connectivity index (χ0n) is 13.7. The van der Waals surface area contributed by atoms with E-state index in [9.17, 15) is 9.59 Å². The highest BCUT2D eigenvalue weighted by molar-refractivity contribution is 6.31. The minimum absolute atomic E-state index is 0.159. The number of carbonyl (C=O) groups excluding carboxylic acids is 1. The third kappa shape index (κ3) is 3.34. The molecule has 0 aliphatic heterocycles. The molecule has 0 N–H and O–H groups in total. The molecule has 0 amide bonds. The summed E-state index contributed by atoms with van der Waals surface area (Å²) in [7, 11) is 2.99. The second-order valence-electron chi connectivity index (χ2n) is 5.33. The fraction of sp³-hybridized carbons (Fsp3) is 0.167. The van der Waals surface area contributed by atoms with Crippen molar-refractivity contribution in [1.29, 1.82) is 0 Å². The molecule has 1 aromatic heterocycles. The topological polar surface area (TPSA) is 70.4 Å². The van der Waals surface area contributed by atoms with Gasteiger partial charge in [0.05, 0.1) is 43.6 Å². The van der Waals surface area contributed by atoms with E-state index in [-0.39, 0.29) is 17.9 Å². The Hall–Kier alpha value is -2.86. The number of halogens is 1. The molecule has 128 valence electrons. The highest BCUT2D eigenvalue weighted by Gasteiger charge is 2.16. The van der Waals surface area contributed by atoms with Crippen LogP contribution in [-0.4, -0.2) is 29.6 Å². The van der Waals surface area contributed by atoms with Gasteiger partial charge in [0.25, 0.3) is 5.56 Å². The molecule has 7 heteroatoms. The van der Waals surface area contributed by atoms with E-state index in [4.69, 9.17) is 21.1 Å². The summed E-state index contributed by atoms with van der Waals surface area (Å²) < 4.78 is 11.6. The summed E-state index contributed by atoms with van der Waals surface area (Å²) in [5.74, 6) is 0.662. The van der Waals surface area contributed by atoms with Gasteiger partial charge in [0, 0.05) is 5.02 Å². The normalized spacial score (nSPS) is 10.7. The molecule has 0 unspecified atom stereocenters. The van der Waals surface area contributed by atoms with Crippen LogP contribution in [-0.2, 0) is 6.54 Å². The van der Waals surface area contributed by atoms with Crippen molar-refractivity contribution in [3.8, 4) is 11.5 Å². The van der Waals surface area contributed by atoms with Crippen molar-refractivity contribution < 1.29 is 14.3 Å².